The van der Waals surface area contributed by atoms with Crippen molar-refractivity contribution in [3.05, 3.63) is 5.90 Å². The monoisotopic (exact) mass is 172 g/mol. The van der Waals surface area contributed by atoms with Gasteiger partial charge in [-0.2, -0.15) is 0 Å². The Morgan fingerprint density at radius 1 is 1.62 bits per heavy atom. The third-order valence-electron chi connectivity index (χ3n) is 0.129. The molecule has 0 saturated carbocycles. The van der Waals surface area contributed by atoms with Crippen LogP contribution in [0.2, 0.25) is 0 Å². The summed E-state index contributed by atoms with van der Waals surface area (Å²) in [7, 11) is 1.29. The zero-order chi connectivity index (χ0) is 6.12. The Balaban J connectivity index is -0.0000000575. The van der Waals surface area contributed by atoms with E-state index in [4.69, 9.17) is 11.2 Å². The van der Waals surface area contributed by atoms with Crippen LogP contribution in [0.3, 0.4) is 0 Å². The molecule has 0 unspecified atom stereocenters. The minimum atomic E-state index is 0. The van der Waals surface area contributed by atoms with Gasteiger partial charge in [0.2, 0.25) is 0 Å². The van der Waals surface area contributed by atoms with Gasteiger partial charge < -0.3 is 10.7 Å². The van der Waals surface area contributed by atoms with Crippen molar-refractivity contribution in [2.24, 2.45) is 0 Å². The SMILES string of the molecule is CCOO.CO[NH-].[Zn]. The quantitative estimate of drug-likeness (QED) is 0.367. The zero-order valence-electron chi connectivity index (χ0n) is 5.18. The second kappa shape index (κ2) is 26.0. The maximum atomic E-state index is 7.38. The molecule has 0 bridgehead atoms. The first-order valence-corrected chi connectivity index (χ1v) is 1.79. The van der Waals surface area contributed by atoms with Crippen LogP contribution >= 0.6 is 0 Å². The molecule has 0 aromatic carbocycles. The Morgan fingerprint density at radius 3 is 1.75 bits per heavy atom. The summed E-state index contributed by atoms with van der Waals surface area (Å²) >= 11 is 0. The van der Waals surface area contributed by atoms with Crippen LogP contribution < -0.4 is 0 Å². The van der Waals surface area contributed by atoms with Crippen LogP contribution in [0.4, 0.5) is 0 Å². The van der Waals surface area contributed by atoms with Crippen molar-refractivity contribution >= 4 is 0 Å². The summed E-state index contributed by atoms with van der Waals surface area (Å²) in [6, 6.07) is 0. The van der Waals surface area contributed by atoms with Gasteiger partial charge in [0.25, 0.3) is 0 Å². The molecule has 4 nitrogen and oxygen atoms in total. The molecule has 0 rings (SSSR count). The second-order valence-corrected chi connectivity index (χ2v) is 0.622. The van der Waals surface area contributed by atoms with E-state index in [9.17, 15) is 0 Å². The summed E-state index contributed by atoms with van der Waals surface area (Å²) in [6.45, 7) is 2.08. The molecule has 0 spiro atoms. The van der Waals surface area contributed by atoms with E-state index in [1.807, 2.05) is 0 Å². The van der Waals surface area contributed by atoms with Crippen LogP contribution in [0, 0.1) is 0 Å². The number of rotatable bonds is 1. The average molecular weight is 174 g/mol. The van der Waals surface area contributed by atoms with Gasteiger partial charge in [-0.3, -0.25) is 5.26 Å². The van der Waals surface area contributed by atoms with Crippen molar-refractivity contribution in [2.45, 2.75) is 6.92 Å². The summed E-state index contributed by atoms with van der Waals surface area (Å²) < 4.78 is 0. The third kappa shape index (κ3) is 90.1. The van der Waals surface area contributed by atoms with Crippen LogP contribution in [0.15, 0.2) is 0 Å². The zero-order valence-corrected chi connectivity index (χ0v) is 8.15. The van der Waals surface area contributed by atoms with Gasteiger partial charge in [-0.15, -0.1) is 0 Å². The first kappa shape index (κ1) is 15.8. The molecule has 8 heavy (non-hydrogen) atoms. The third-order valence-corrected chi connectivity index (χ3v) is 0.129. The minimum Gasteiger partial charge on any atom is -0.550 e. The van der Waals surface area contributed by atoms with Crippen LogP contribution in [0.25, 0.3) is 5.90 Å². The van der Waals surface area contributed by atoms with Gasteiger partial charge in [0.15, 0.2) is 0 Å². The molecule has 0 aliphatic rings. The Kier molecular flexibility index (Phi) is 51.3. The van der Waals surface area contributed by atoms with E-state index < -0.39 is 0 Å². The van der Waals surface area contributed by atoms with E-state index in [1.165, 1.54) is 7.11 Å². The van der Waals surface area contributed by atoms with E-state index in [0.717, 1.165) is 0 Å². The molecule has 0 fully saturated rings. The molecule has 0 aromatic rings. The molecule has 0 aliphatic carbocycles. The van der Waals surface area contributed by atoms with Crippen molar-refractivity contribution in [2.75, 3.05) is 13.7 Å². The van der Waals surface area contributed by atoms with E-state index in [0.29, 0.717) is 6.61 Å². The number of nitrogens with one attached hydrogen (secondary N) is 1. The maximum absolute atomic E-state index is 7.38. The Hall–Kier alpha value is 0.463. The van der Waals surface area contributed by atoms with Crippen LogP contribution in [0.5, 0.6) is 0 Å². The predicted molar refractivity (Wildman–Crippen MR) is 25.6 cm³/mol. The maximum Gasteiger partial charge on any atom is 0.0791 e. The first-order valence-electron chi connectivity index (χ1n) is 1.79. The van der Waals surface area contributed by atoms with Gasteiger partial charge in [-0.1, -0.05) is 0 Å². The smallest absolute Gasteiger partial charge is 0.0791 e. The van der Waals surface area contributed by atoms with Gasteiger partial charge in [-0.05, 0) is 6.92 Å². The van der Waals surface area contributed by atoms with Crippen molar-refractivity contribution in [1.82, 2.24) is 0 Å². The number of hydrogen-bond acceptors (Lipinski definition) is 3. The topological polar surface area (TPSA) is 62.5 Å². The van der Waals surface area contributed by atoms with Gasteiger partial charge in [0, 0.05) is 26.6 Å². The van der Waals surface area contributed by atoms with Crippen molar-refractivity contribution in [3.63, 3.8) is 0 Å². The molecule has 0 heterocycles. The standard InChI is InChI=1S/C2H6O2.CH4NO.Zn/c1-2-4-3;1-3-2;/h3H,2H2,1H3;2H,1H3;/q;-1;. The Morgan fingerprint density at radius 2 is 1.75 bits per heavy atom. The van der Waals surface area contributed by atoms with Gasteiger partial charge in [-0.25, -0.2) is 4.89 Å². The normalized spacial score (nSPS) is 6.00. The number of hydrogen-bond donors (Lipinski definition) is 1. The van der Waals surface area contributed by atoms with E-state index in [-0.39, 0.29) is 19.5 Å². The molecule has 5 heteroatoms. The summed E-state index contributed by atoms with van der Waals surface area (Å²) in [5.74, 6) is 5.71. The van der Waals surface area contributed by atoms with E-state index in [1.54, 1.807) is 6.92 Å². The van der Waals surface area contributed by atoms with Crippen molar-refractivity contribution in [1.29, 1.82) is 0 Å². The molecule has 48 valence electrons. The fourth-order valence-electron chi connectivity index (χ4n) is 0. The molecule has 0 saturated heterocycles. The van der Waals surface area contributed by atoms with Crippen molar-refractivity contribution in [3.8, 4) is 0 Å². The van der Waals surface area contributed by atoms with Crippen LogP contribution in [-0.2, 0) is 29.2 Å². The first-order chi connectivity index (χ1) is 3.33. The van der Waals surface area contributed by atoms with Crippen LogP contribution in [0.1, 0.15) is 6.92 Å². The predicted octanol–water partition coefficient (Wildman–Crippen LogP) is 1.09. The largest absolute Gasteiger partial charge is 0.550 e. The molecule has 0 aliphatic heterocycles. The molecule has 0 aromatic heterocycles. The van der Waals surface area contributed by atoms with Crippen molar-refractivity contribution < 1.29 is 34.5 Å². The molecule has 2 N–H and O–H groups in total. The molecular weight excluding hydrogens is 163 g/mol. The molecule has 0 radical (unpaired) electrons. The van der Waals surface area contributed by atoms with Gasteiger partial charge in [0.05, 0.1) is 6.61 Å². The second-order valence-electron chi connectivity index (χ2n) is 0.622. The Bertz CT molecular complexity index is 22.0. The minimum absolute atomic E-state index is 0. The van der Waals surface area contributed by atoms with Crippen LogP contribution in [-0.4, -0.2) is 19.0 Å². The van der Waals surface area contributed by atoms with E-state index >= 15 is 0 Å². The average Bonchev–Trinajstić information content (AvgIpc) is 1.69. The Labute approximate surface area is 61.6 Å². The fraction of sp³-hybridized carbons (Fsp3) is 1.00. The fourth-order valence-corrected chi connectivity index (χ4v) is 0. The van der Waals surface area contributed by atoms with Gasteiger partial charge >= 0.3 is 0 Å². The summed E-state index contributed by atoms with van der Waals surface area (Å²) in [6.07, 6.45) is 0. The summed E-state index contributed by atoms with van der Waals surface area (Å²) in [5.41, 5.74) is 0. The molecule has 0 amide bonds. The summed E-state index contributed by atoms with van der Waals surface area (Å²) in [5, 5.41) is 7.38. The van der Waals surface area contributed by atoms with E-state index in [2.05, 4.69) is 9.73 Å². The van der Waals surface area contributed by atoms with Gasteiger partial charge in [0.1, 0.15) is 0 Å². The molecular formula is C3H10NO3Zn-. The summed E-state index contributed by atoms with van der Waals surface area (Å²) in [4.78, 5) is 7.04. The molecule has 0 atom stereocenters.